The van der Waals surface area contributed by atoms with Crippen molar-refractivity contribution in [1.29, 1.82) is 0 Å². The molecule has 0 aliphatic rings. The van der Waals surface area contributed by atoms with E-state index in [0.717, 1.165) is 12.1 Å². The average molecular weight is 340 g/mol. The Bertz CT molecular complexity index is 716. The third-order valence-corrected chi connectivity index (χ3v) is 3.81. The third-order valence-electron chi connectivity index (χ3n) is 3.81. The summed E-state index contributed by atoms with van der Waals surface area (Å²) in [6.07, 6.45) is -3.61. The molecule has 3 nitrogen and oxygen atoms in total. The van der Waals surface area contributed by atoms with Crippen molar-refractivity contribution in [3.63, 3.8) is 0 Å². The van der Waals surface area contributed by atoms with E-state index in [9.17, 15) is 22.4 Å². The third kappa shape index (κ3) is 4.10. The van der Waals surface area contributed by atoms with Gasteiger partial charge in [-0.3, -0.25) is 9.78 Å². The maximum atomic E-state index is 13.1. The lowest BCUT2D eigenvalue weighted by Crippen LogP contribution is -2.32. The van der Waals surface area contributed by atoms with Gasteiger partial charge in [0.05, 0.1) is 23.7 Å². The van der Waals surface area contributed by atoms with Crippen molar-refractivity contribution in [2.45, 2.75) is 25.6 Å². The van der Waals surface area contributed by atoms with E-state index in [-0.39, 0.29) is 5.56 Å². The van der Waals surface area contributed by atoms with Crippen molar-refractivity contribution in [1.82, 2.24) is 9.88 Å². The second-order valence-corrected chi connectivity index (χ2v) is 5.41. The number of amides is 1. The van der Waals surface area contributed by atoms with Crippen molar-refractivity contribution >= 4 is 5.91 Å². The van der Waals surface area contributed by atoms with E-state index < -0.39 is 35.9 Å². The molecule has 0 saturated carbocycles. The zero-order valence-electron chi connectivity index (χ0n) is 13.1. The molecule has 1 heterocycles. The van der Waals surface area contributed by atoms with Crippen LogP contribution in [0.2, 0.25) is 0 Å². The van der Waals surface area contributed by atoms with Crippen LogP contribution in [0, 0.1) is 5.82 Å². The monoisotopic (exact) mass is 340 g/mol. The second-order valence-electron chi connectivity index (χ2n) is 5.41. The first-order valence-electron chi connectivity index (χ1n) is 7.22. The van der Waals surface area contributed by atoms with Gasteiger partial charge in [-0.05, 0) is 36.8 Å². The van der Waals surface area contributed by atoms with Crippen LogP contribution in [0.1, 0.15) is 29.8 Å². The fourth-order valence-electron chi connectivity index (χ4n) is 2.29. The maximum absolute atomic E-state index is 13.1. The number of benzene rings is 1. The van der Waals surface area contributed by atoms with Gasteiger partial charge >= 0.3 is 6.18 Å². The molecule has 24 heavy (non-hydrogen) atoms. The van der Waals surface area contributed by atoms with Gasteiger partial charge in [-0.2, -0.15) is 13.2 Å². The van der Waals surface area contributed by atoms with Crippen molar-refractivity contribution in [3.05, 3.63) is 65.2 Å². The number of rotatable bonds is 4. The molecule has 1 aromatic heterocycles. The van der Waals surface area contributed by atoms with Crippen LogP contribution in [0.4, 0.5) is 17.6 Å². The SMILES string of the molecule is CC(c1ccccn1)N(C)C(=O)Cc1ccc(F)cc1C(F)(F)F. The van der Waals surface area contributed by atoms with Gasteiger partial charge in [0.2, 0.25) is 5.91 Å². The molecule has 1 unspecified atom stereocenters. The second kappa shape index (κ2) is 6.98. The summed E-state index contributed by atoms with van der Waals surface area (Å²) in [5, 5.41) is 0. The molecule has 128 valence electrons. The van der Waals surface area contributed by atoms with Crippen LogP contribution in [0.25, 0.3) is 0 Å². The van der Waals surface area contributed by atoms with E-state index in [1.54, 1.807) is 31.3 Å². The minimum Gasteiger partial charge on any atom is -0.337 e. The first-order chi connectivity index (χ1) is 11.2. The molecule has 7 heteroatoms. The molecule has 0 aliphatic heterocycles. The smallest absolute Gasteiger partial charge is 0.337 e. The number of hydrogen-bond acceptors (Lipinski definition) is 2. The molecular formula is C17H16F4N2O. The van der Waals surface area contributed by atoms with Gasteiger partial charge in [0.1, 0.15) is 5.82 Å². The van der Waals surface area contributed by atoms with Gasteiger partial charge in [0.25, 0.3) is 0 Å². The highest BCUT2D eigenvalue weighted by molar-refractivity contribution is 5.79. The summed E-state index contributed by atoms with van der Waals surface area (Å²) in [6.45, 7) is 1.73. The Labute approximate surface area is 136 Å². The molecule has 1 atom stereocenters. The summed E-state index contributed by atoms with van der Waals surface area (Å²) >= 11 is 0. The van der Waals surface area contributed by atoms with Crippen LogP contribution in [-0.4, -0.2) is 22.8 Å². The fourth-order valence-corrected chi connectivity index (χ4v) is 2.29. The van der Waals surface area contributed by atoms with Crippen LogP contribution in [0.15, 0.2) is 42.6 Å². The summed E-state index contributed by atoms with van der Waals surface area (Å²) < 4.78 is 52.1. The van der Waals surface area contributed by atoms with E-state index in [2.05, 4.69) is 4.98 Å². The van der Waals surface area contributed by atoms with Gasteiger partial charge in [-0.25, -0.2) is 4.39 Å². The summed E-state index contributed by atoms with van der Waals surface area (Å²) in [6, 6.07) is 7.15. The number of nitrogens with zero attached hydrogens (tertiary/aromatic N) is 2. The van der Waals surface area contributed by atoms with Crippen LogP contribution in [0.5, 0.6) is 0 Å². The molecule has 2 rings (SSSR count). The van der Waals surface area contributed by atoms with Crippen LogP contribution >= 0.6 is 0 Å². The number of hydrogen-bond donors (Lipinski definition) is 0. The molecule has 0 N–H and O–H groups in total. The lowest BCUT2D eigenvalue weighted by molar-refractivity contribution is -0.139. The van der Waals surface area contributed by atoms with Crippen LogP contribution < -0.4 is 0 Å². The molecule has 0 radical (unpaired) electrons. The van der Waals surface area contributed by atoms with E-state index in [0.29, 0.717) is 11.8 Å². The summed E-state index contributed by atoms with van der Waals surface area (Å²) in [5.74, 6) is -1.50. The van der Waals surface area contributed by atoms with Crippen molar-refractivity contribution in [2.75, 3.05) is 7.05 Å². The van der Waals surface area contributed by atoms with E-state index in [1.807, 2.05) is 0 Å². The minimum atomic E-state index is -4.72. The molecule has 0 fully saturated rings. The summed E-state index contributed by atoms with van der Waals surface area (Å²) in [4.78, 5) is 17.8. The lowest BCUT2D eigenvalue weighted by Gasteiger charge is -2.25. The highest BCUT2D eigenvalue weighted by atomic mass is 19.4. The van der Waals surface area contributed by atoms with Gasteiger partial charge in [0.15, 0.2) is 0 Å². The molecule has 0 aliphatic carbocycles. The predicted molar refractivity (Wildman–Crippen MR) is 80.5 cm³/mol. The number of aromatic nitrogens is 1. The van der Waals surface area contributed by atoms with Gasteiger partial charge in [-0.15, -0.1) is 0 Å². The Kier molecular flexibility index (Phi) is 5.21. The Balaban J connectivity index is 2.21. The lowest BCUT2D eigenvalue weighted by atomic mass is 10.0. The number of alkyl halides is 3. The molecular weight excluding hydrogens is 324 g/mol. The summed E-state index contributed by atoms with van der Waals surface area (Å²) in [5.41, 5.74) is -0.757. The van der Waals surface area contributed by atoms with Gasteiger partial charge in [-0.1, -0.05) is 12.1 Å². The topological polar surface area (TPSA) is 33.2 Å². The molecule has 2 aromatic rings. The Morgan fingerprint density at radius 1 is 1.25 bits per heavy atom. The first kappa shape index (κ1) is 17.9. The standard InChI is InChI=1S/C17H16F4N2O/c1-11(15-5-3-4-8-22-15)23(2)16(24)9-12-6-7-13(18)10-14(12)17(19,20)21/h3-8,10-11H,9H2,1-2H3. The van der Waals surface area contributed by atoms with Crippen molar-refractivity contribution in [3.8, 4) is 0 Å². The zero-order valence-corrected chi connectivity index (χ0v) is 13.1. The Hall–Kier alpha value is -2.44. The Morgan fingerprint density at radius 3 is 2.54 bits per heavy atom. The van der Waals surface area contributed by atoms with E-state index in [1.165, 1.54) is 11.9 Å². The fraction of sp³-hybridized carbons (Fsp3) is 0.294. The van der Waals surface area contributed by atoms with E-state index >= 15 is 0 Å². The molecule has 0 saturated heterocycles. The van der Waals surface area contributed by atoms with Crippen LogP contribution in [0.3, 0.4) is 0 Å². The molecule has 1 aromatic carbocycles. The van der Waals surface area contributed by atoms with Gasteiger partial charge in [0, 0.05) is 13.2 Å². The normalized spacial score (nSPS) is 12.8. The largest absolute Gasteiger partial charge is 0.416 e. The highest BCUT2D eigenvalue weighted by Crippen LogP contribution is 2.33. The summed E-state index contributed by atoms with van der Waals surface area (Å²) in [7, 11) is 1.50. The number of halogens is 4. The number of likely N-dealkylation sites (N-methyl/N-ethyl adjacent to an activating group) is 1. The average Bonchev–Trinajstić information content (AvgIpc) is 2.55. The van der Waals surface area contributed by atoms with Crippen molar-refractivity contribution < 1.29 is 22.4 Å². The van der Waals surface area contributed by atoms with Crippen molar-refractivity contribution in [2.24, 2.45) is 0 Å². The molecule has 1 amide bonds. The minimum absolute atomic E-state index is 0.256. The maximum Gasteiger partial charge on any atom is 0.416 e. The zero-order chi connectivity index (χ0) is 17.9. The first-order valence-corrected chi connectivity index (χ1v) is 7.22. The number of pyridine rings is 1. The van der Waals surface area contributed by atoms with E-state index in [4.69, 9.17) is 0 Å². The molecule has 0 spiro atoms. The molecule has 0 bridgehead atoms. The number of carbonyl (C=O) groups is 1. The Morgan fingerprint density at radius 2 is 1.96 bits per heavy atom. The van der Waals surface area contributed by atoms with Crippen LogP contribution in [-0.2, 0) is 17.4 Å². The van der Waals surface area contributed by atoms with Gasteiger partial charge < -0.3 is 4.90 Å². The highest BCUT2D eigenvalue weighted by Gasteiger charge is 2.34. The predicted octanol–water partition coefficient (Wildman–Crippen LogP) is 4.00. The number of carbonyl (C=O) groups excluding carboxylic acids is 1. The quantitative estimate of drug-likeness (QED) is 0.788.